The Labute approximate surface area is 148 Å². The molecule has 5 atom stereocenters. The van der Waals surface area contributed by atoms with E-state index in [4.69, 9.17) is 0 Å². The third kappa shape index (κ3) is 4.09. The maximum Gasteiger partial charge on any atom is 1.00 e. The van der Waals surface area contributed by atoms with Crippen LogP contribution in [0.5, 0.6) is 0 Å². The molecule has 1 fully saturated rings. The molecule has 0 unspecified atom stereocenters. The van der Waals surface area contributed by atoms with Crippen LogP contribution >= 0.6 is 0 Å². The normalized spacial score (nSPS) is 31.0. The van der Waals surface area contributed by atoms with Crippen molar-refractivity contribution in [1.82, 2.24) is 4.98 Å². The molecular formula is C12H14NNaO8. The van der Waals surface area contributed by atoms with Gasteiger partial charge in [-0.15, -0.1) is 0 Å². The van der Waals surface area contributed by atoms with Crippen LogP contribution in [-0.2, 0) is 14.3 Å². The fourth-order valence-electron chi connectivity index (χ4n) is 1.75. The van der Waals surface area contributed by atoms with Crippen molar-refractivity contribution in [2.45, 2.75) is 30.7 Å². The van der Waals surface area contributed by atoms with Crippen LogP contribution in [-0.4, -0.2) is 68.1 Å². The zero-order valence-electron chi connectivity index (χ0n) is 12.6. The van der Waals surface area contributed by atoms with Crippen LogP contribution < -0.4 is 29.6 Å². The molecule has 0 spiro atoms. The second-order valence-corrected chi connectivity index (χ2v) is 4.36. The Morgan fingerprint density at radius 1 is 1.09 bits per heavy atom. The van der Waals surface area contributed by atoms with Crippen molar-refractivity contribution in [1.29, 1.82) is 0 Å². The fourth-order valence-corrected chi connectivity index (χ4v) is 1.75. The van der Waals surface area contributed by atoms with Crippen LogP contribution in [0.1, 0.15) is 11.8 Å². The van der Waals surface area contributed by atoms with Gasteiger partial charge in [-0.1, -0.05) is 0 Å². The molecular weight excluding hydrogens is 309 g/mol. The van der Waals surface area contributed by atoms with Crippen LogP contribution in [0, 0.1) is 0 Å². The van der Waals surface area contributed by atoms with Crippen LogP contribution in [0.3, 0.4) is 0 Å². The van der Waals surface area contributed by atoms with E-state index in [9.17, 15) is 30.0 Å². The first kappa shape index (κ1) is 19.1. The molecule has 1 aromatic heterocycles. The molecule has 2 rings (SSSR count). The number of aromatic nitrogens is 1. The number of carbonyl (C=O) groups excluding carboxylic acids is 2. The van der Waals surface area contributed by atoms with Crippen molar-refractivity contribution in [3.8, 4) is 0 Å². The van der Waals surface area contributed by atoms with Gasteiger partial charge < -0.3 is 31.3 Å². The zero-order valence-corrected chi connectivity index (χ0v) is 13.6. The first-order chi connectivity index (χ1) is 9.91. The summed E-state index contributed by atoms with van der Waals surface area (Å²) in [6, 6.07) is 2.61. The summed E-state index contributed by atoms with van der Waals surface area (Å²) in [5.74, 6) is -2.30. The smallest absolute Gasteiger partial charge is 1.00 e. The minimum absolute atomic E-state index is 0. The summed E-state index contributed by atoms with van der Waals surface area (Å²) >= 11 is 0. The maximum absolute atomic E-state index is 11.7. The Bertz CT molecular complexity index is 533. The van der Waals surface area contributed by atoms with Gasteiger partial charge in [0.1, 0.15) is 18.3 Å². The zero-order chi connectivity index (χ0) is 15.6. The SMILES string of the molecule is O=C(OC(=O)[C@H]1O[C@@H](O)[C@H](O)[C@@H](O)[C@@H]1O)c1ccncc1.[H-].[Na+]. The molecule has 0 bridgehead atoms. The van der Waals surface area contributed by atoms with Crippen molar-refractivity contribution in [2.75, 3.05) is 0 Å². The predicted octanol–water partition coefficient (Wildman–Crippen LogP) is -5.32. The number of hydrogen-bond donors (Lipinski definition) is 4. The average molecular weight is 323 g/mol. The van der Waals surface area contributed by atoms with E-state index >= 15 is 0 Å². The molecule has 1 aliphatic heterocycles. The third-order valence-corrected chi connectivity index (χ3v) is 2.93. The van der Waals surface area contributed by atoms with Crippen LogP contribution in [0.25, 0.3) is 0 Å². The molecule has 0 aromatic carbocycles. The van der Waals surface area contributed by atoms with Gasteiger partial charge >= 0.3 is 41.5 Å². The molecule has 10 heteroatoms. The number of carbonyl (C=O) groups is 2. The van der Waals surface area contributed by atoms with Gasteiger partial charge in [0.05, 0.1) is 5.56 Å². The van der Waals surface area contributed by atoms with E-state index in [0.29, 0.717) is 0 Å². The predicted molar refractivity (Wildman–Crippen MR) is 64.7 cm³/mol. The second-order valence-electron chi connectivity index (χ2n) is 4.36. The number of aliphatic hydroxyl groups is 4. The quantitative estimate of drug-likeness (QED) is 0.238. The van der Waals surface area contributed by atoms with Gasteiger partial charge in [-0.05, 0) is 12.1 Å². The number of pyridine rings is 1. The van der Waals surface area contributed by atoms with Gasteiger partial charge in [0, 0.05) is 12.4 Å². The Balaban J connectivity index is 0.00000242. The Morgan fingerprint density at radius 2 is 1.68 bits per heavy atom. The molecule has 2 heterocycles. The number of rotatable bonds is 2. The number of nitrogens with zero attached hydrogens (tertiary/aromatic N) is 1. The summed E-state index contributed by atoms with van der Waals surface area (Å²) < 4.78 is 9.12. The van der Waals surface area contributed by atoms with Crippen molar-refractivity contribution < 1.29 is 70.5 Å². The van der Waals surface area contributed by atoms with Gasteiger partial charge in [-0.25, -0.2) is 9.59 Å². The van der Waals surface area contributed by atoms with Gasteiger partial charge in [-0.3, -0.25) is 4.98 Å². The summed E-state index contributed by atoms with van der Waals surface area (Å²) in [5.41, 5.74) is 0.0461. The largest absolute Gasteiger partial charge is 1.00 e. The van der Waals surface area contributed by atoms with E-state index in [-0.39, 0.29) is 36.5 Å². The first-order valence-electron chi connectivity index (χ1n) is 5.95. The van der Waals surface area contributed by atoms with E-state index < -0.39 is 42.6 Å². The summed E-state index contributed by atoms with van der Waals surface area (Å²) in [4.78, 5) is 27.1. The van der Waals surface area contributed by atoms with E-state index in [2.05, 4.69) is 14.5 Å². The number of ether oxygens (including phenoxy) is 2. The molecule has 4 N–H and O–H groups in total. The van der Waals surface area contributed by atoms with Gasteiger partial charge in [0.2, 0.25) is 0 Å². The van der Waals surface area contributed by atoms with Gasteiger partial charge in [-0.2, -0.15) is 0 Å². The van der Waals surface area contributed by atoms with Gasteiger partial charge in [0.25, 0.3) is 0 Å². The molecule has 0 radical (unpaired) electrons. The summed E-state index contributed by atoms with van der Waals surface area (Å²) in [6.45, 7) is 0. The summed E-state index contributed by atoms with van der Waals surface area (Å²) in [5, 5.41) is 37.6. The van der Waals surface area contributed by atoms with Crippen molar-refractivity contribution in [3.05, 3.63) is 30.1 Å². The van der Waals surface area contributed by atoms with E-state index in [1.165, 1.54) is 24.5 Å². The monoisotopic (exact) mass is 323 g/mol. The third-order valence-electron chi connectivity index (χ3n) is 2.93. The molecule has 1 aromatic rings. The number of hydrogen-bond acceptors (Lipinski definition) is 9. The van der Waals surface area contributed by atoms with Crippen molar-refractivity contribution >= 4 is 11.9 Å². The molecule has 1 saturated heterocycles. The molecule has 22 heavy (non-hydrogen) atoms. The Morgan fingerprint density at radius 3 is 2.27 bits per heavy atom. The topological polar surface area (TPSA) is 146 Å². The van der Waals surface area contributed by atoms with Crippen LogP contribution in [0.15, 0.2) is 24.5 Å². The average Bonchev–Trinajstić information content (AvgIpc) is 2.49. The van der Waals surface area contributed by atoms with E-state index in [0.717, 1.165) is 0 Å². The van der Waals surface area contributed by atoms with Crippen LogP contribution in [0.2, 0.25) is 0 Å². The minimum Gasteiger partial charge on any atom is -1.00 e. The van der Waals surface area contributed by atoms with Crippen LogP contribution in [0.4, 0.5) is 0 Å². The van der Waals surface area contributed by atoms with Gasteiger partial charge in [0.15, 0.2) is 12.4 Å². The number of aliphatic hydroxyl groups excluding tert-OH is 4. The van der Waals surface area contributed by atoms with E-state index in [1.807, 2.05) is 0 Å². The van der Waals surface area contributed by atoms with Crippen molar-refractivity contribution in [2.24, 2.45) is 0 Å². The Kier molecular flexibility index (Phi) is 7.03. The molecule has 0 saturated carbocycles. The summed E-state index contributed by atoms with van der Waals surface area (Å²) in [6.07, 6.45) is -6.50. The minimum atomic E-state index is -1.89. The number of esters is 2. The first-order valence-corrected chi connectivity index (χ1v) is 5.95. The standard InChI is InChI=1S/C12H13NO8.Na.H/c14-6-7(15)9(20-11(18)8(6)16)12(19)21-10(17)5-1-3-13-4-2-5;;/h1-4,6-9,11,14-16,18H;;/q;+1;-1/t6-,7-,8+,9-,11+;;/m0../s1. The second kappa shape index (κ2) is 8.09. The fraction of sp³-hybridized carbons (Fsp3) is 0.417. The Hall–Kier alpha value is -0.910. The molecule has 9 nitrogen and oxygen atoms in total. The molecule has 1 aliphatic rings. The van der Waals surface area contributed by atoms with E-state index in [1.54, 1.807) is 0 Å². The molecule has 0 amide bonds. The molecule has 116 valence electrons. The summed E-state index contributed by atoms with van der Waals surface area (Å²) in [7, 11) is 0. The molecule has 0 aliphatic carbocycles. The maximum atomic E-state index is 11.7. The van der Waals surface area contributed by atoms with Crippen molar-refractivity contribution in [3.63, 3.8) is 0 Å².